The van der Waals surface area contributed by atoms with Crippen LogP contribution in [0.15, 0.2) is 18.2 Å². The third-order valence-electron chi connectivity index (χ3n) is 3.87. The van der Waals surface area contributed by atoms with Gasteiger partial charge in [-0.15, -0.1) is 12.4 Å². The summed E-state index contributed by atoms with van der Waals surface area (Å²) < 4.78 is 5.28. The quantitative estimate of drug-likeness (QED) is 0.813. The summed E-state index contributed by atoms with van der Waals surface area (Å²) in [7, 11) is 1.74. The highest BCUT2D eigenvalue weighted by Gasteiger charge is 2.33. The fourth-order valence-electron chi connectivity index (χ4n) is 3.03. The minimum Gasteiger partial charge on any atom is -0.497 e. The van der Waals surface area contributed by atoms with Gasteiger partial charge in [0.25, 0.3) is 0 Å². The average Bonchev–Trinajstić information content (AvgIpc) is 2.76. The van der Waals surface area contributed by atoms with E-state index in [2.05, 4.69) is 23.5 Å². The lowest BCUT2D eigenvalue weighted by atomic mass is 9.77. The van der Waals surface area contributed by atoms with Crippen molar-refractivity contribution in [1.82, 2.24) is 5.32 Å². The minimum absolute atomic E-state index is 0. The van der Waals surface area contributed by atoms with E-state index in [0.29, 0.717) is 0 Å². The number of benzene rings is 1. The number of rotatable bonds is 1. The highest BCUT2D eigenvalue weighted by Crippen LogP contribution is 2.39. The molecule has 2 unspecified atom stereocenters. The van der Waals surface area contributed by atoms with Crippen LogP contribution in [0.25, 0.3) is 0 Å². The van der Waals surface area contributed by atoms with Crippen molar-refractivity contribution in [1.29, 1.82) is 0 Å². The molecule has 0 saturated carbocycles. The molecule has 0 amide bonds. The van der Waals surface area contributed by atoms with Gasteiger partial charge in [0.1, 0.15) is 5.75 Å². The van der Waals surface area contributed by atoms with Crippen molar-refractivity contribution in [3.8, 4) is 5.75 Å². The number of ether oxygens (including phenoxy) is 1. The second kappa shape index (κ2) is 4.64. The Kier molecular flexibility index (Phi) is 3.41. The summed E-state index contributed by atoms with van der Waals surface area (Å²) in [6.45, 7) is 2.36. The van der Waals surface area contributed by atoms with Crippen molar-refractivity contribution in [2.75, 3.05) is 20.2 Å². The summed E-state index contributed by atoms with van der Waals surface area (Å²) in [5.74, 6) is 2.61. The van der Waals surface area contributed by atoms with Crippen LogP contribution < -0.4 is 10.1 Å². The van der Waals surface area contributed by atoms with Crippen molar-refractivity contribution in [3.63, 3.8) is 0 Å². The van der Waals surface area contributed by atoms with Gasteiger partial charge >= 0.3 is 0 Å². The SMILES string of the molecule is COc1ccc2c(c1)CCC1CNCC21.Cl. The van der Waals surface area contributed by atoms with Crippen LogP contribution in [-0.4, -0.2) is 20.2 Å². The van der Waals surface area contributed by atoms with Crippen LogP contribution in [-0.2, 0) is 6.42 Å². The first-order valence-electron chi connectivity index (χ1n) is 5.76. The number of hydrogen-bond donors (Lipinski definition) is 1. The Morgan fingerprint density at radius 1 is 1.31 bits per heavy atom. The largest absolute Gasteiger partial charge is 0.497 e. The molecule has 1 N–H and O–H groups in total. The van der Waals surface area contributed by atoms with Crippen LogP contribution in [0, 0.1) is 5.92 Å². The molecule has 2 aliphatic rings. The van der Waals surface area contributed by atoms with Crippen LogP contribution in [0.3, 0.4) is 0 Å². The second-order valence-corrected chi connectivity index (χ2v) is 4.63. The molecule has 0 spiro atoms. The van der Waals surface area contributed by atoms with Crippen molar-refractivity contribution in [2.24, 2.45) is 5.92 Å². The molecular weight excluding hydrogens is 222 g/mol. The van der Waals surface area contributed by atoms with Crippen LogP contribution in [0.1, 0.15) is 23.5 Å². The lowest BCUT2D eigenvalue weighted by Crippen LogP contribution is -2.18. The van der Waals surface area contributed by atoms with E-state index in [1.807, 2.05) is 0 Å². The Labute approximate surface area is 103 Å². The predicted molar refractivity (Wildman–Crippen MR) is 67.7 cm³/mol. The van der Waals surface area contributed by atoms with Gasteiger partial charge < -0.3 is 10.1 Å². The summed E-state index contributed by atoms with van der Waals surface area (Å²) in [5.41, 5.74) is 3.05. The summed E-state index contributed by atoms with van der Waals surface area (Å²) in [5, 5.41) is 3.50. The Morgan fingerprint density at radius 3 is 3.00 bits per heavy atom. The molecule has 1 aromatic carbocycles. The van der Waals surface area contributed by atoms with Gasteiger partial charge in [-0.1, -0.05) is 6.07 Å². The van der Waals surface area contributed by atoms with E-state index in [0.717, 1.165) is 24.1 Å². The normalized spacial score (nSPS) is 26.6. The number of hydrogen-bond acceptors (Lipinski definition) is 2. The molecule has 16 heavy (non-hydrogen) atoms. The maximum Gasteiger partial charge on any atom is 0.119 e. The second-order valence-electron chi connectivity index (χ2n) is 4.63. The zero-order chi connectivity index (χ0) is 10.3. The van der Waals surface area contributed by atoms with Crippen molar-refractivity contribution < 1.29 is 4.74 Å². The van der Waals surface area contributed by atoms with Crippen LogP contribution >= 0.6 is 12.4 Å². The summed E-state index contributed by atoms with van der Waals surface area (Å²) in [4.78, 5) is 0. The molecule has 1 heterocycles. The predicted octanol–water partition coefficient (Wildman–Crippen LogP) is 2.37. The first kappa shape index (κ1) is 11.7. The zero-order valence-electron chi connectivity index (χ0n) is 9.53. The molecule has 0 radical (unpaired) electrons. The molecule has 3 rings (SSSR count). The fraction of sp³-hybridized carbons (Fsp3) is 0.538. The van der Waals surface area contributed by atoms with E-state index >= 15 is 0 Å². The number of nitrogens with one attached hydrogen (secondary N) is 1. The van der Waals surface area contributed by atoms with Gasteiger partial charge in [0.15, 0.2) is 0 Å². The van der Waals surface area contributed by atoms with E-state index in [9.17, 15) is 0 Å². The van der Waals surface area contributed by atoms with Gasteiger partial charge in [0.2, 0.25) is 0 Å². The van der Waals surface area contributed by atoms with Gasteiger partial charge in [0, 0.05) is 12.5 Å². The monoisotopic (exact) mass is 239 g/mol. The first-order valence-corrected chi connectivity index (χ1v) is 5.76. The smallest absolute Gasteiger partial charge is 0.119 e. The van der Waals surface area contributed by atoms with E-state index in [1.165, 1.54) is 24.9 Å². The fourth-order valence-corrected chi connectivity index (χ4v) is 3.03. The zero-order valence-corrected chi connectivity index (χ0v) is 10.3. The molecular formula is C13H18ClNO. The lowest BCUT2D eigenvalue weighted by Gasteiger charge is -2.27. The number of methoxy groups -OCH3 is 1. The molecule has 3 heteroatoms. The van der Waals surface area contributed by atoms with Gasteiger partial charge in [-0.2, -0.15) is 0 Å². The maximum absolute atomic E-state index is 5.28. The van der Waals surface area contributed by atoms with Gasteiger partial charge in [-0.05, 0) is 48.6 Å². The molecule has 2 atom stereocenters. The Hall–Kier alpha value is -0.730. The standard InChI is InChI=1S/C13H17NO.ClH/c1-15-11-4-5-12-9(6-11)2-3-10-7-14-8-13(10)12;/h4-6,10,13-14H,2-3,7-8H2,1H3;1H. The Balaban J connectivity index is 0.000000963. The Morgan fingerprint density at radius 2 is 2.19 bits per heavy atom. The number of fused-ring (bicyclic) bond motifs is 3. The average molecular weight is 240 g/mol. The molecule has 0 bridgehead atoms. The molecule has 1 saturated heterocycles. The molecule has 1 fully saturated rings. The van der Waals surface area contributed by atoms with E-state index in [4.69, 9.17) is 4.74 Å². The van der Waals surface area contributed by atoms with E-state index < -0.39 is 0 Å². The maximum atomic E-state index is 5.28. The third kappa shape index (κ3) is 1.80. The lowest BCUT2D eigenvalue weighted by molar-refractivity contribution is 0.409. The molecule has 88 valence electrons. The highest BCUT2D eigenvalue weighted by molar-refractivity contribution is 5.85. The van der Waals surface area contributed by atoms with Crippen LogP contribution in [0.4, 0.5) is 0 Å². The molecule has 1 aliphatic heterocycles. The van der Waals surface area contributed by atoms with Crippen LogP contribution in [0.5, 0.6) is 5.75 Å². The first-order chi connectivity index (χ1) is 7.38. The topological polar surface area (TPSA) is 21.3 Å². The van der Waals surface area contributed by atoms with Crippen molar-refractivity contribution in [3.05, 3.63) is 29.3 Å². The van der Waals surface area contributed by atoms with E-state index in [-0.39, 0.29) is 12.4 Å². The molecule has 0 aromatic heterocycles. The minimum atomic E-state index is 0. The number of aryl methyl sites for hydroxylation is 1. The third-order valence-corrected chi connectivity index (χ3v) is 3.87. The van der Waals surface area contributed by atoms with Gasteiger partial charge in [0.05, 0.1) is 7.11 Å². The van der Waals surface area contributed by atoms with Gasteiger partial charge in [-0.3, -0.25) is 0 Å². The summed E-state index contributed by atoms with van der Waals surface area (Å²) in [6, 6.07) is 6.57. The van der Waals surface area contributed by atoms with Crippen molar-refractivity contribution in [2.45, 2.75) is 18.8 Å². The van der Waals surface area contributed by atoms with E-state index in [1.54, 1.807) is 12.7 Å². The molecule has 1 aromatic rings. The highest BCUT2D eigenvalue weighted by atomic mass is 35.5. The van der Waals surface area contributed by atoms with Gasteiger partial charge in [-0.25, -0.2) is 0 Å². The number of halogens is 1. The summed E-state index contributed by atoms with van der Waals surface area (Å²) >= 11 is 0. The molecule has 1 aliphatic carbocycles. The Bertz CT molecular complexity index is 380. The van der Waals surface area contributed by atoms with Crippen LogP contribution in [0.2, 0.25) is 0 Å². The summed E-state index contributed by atoms with van der Waals surface area (Å²) in [6.07, 6.45) is 2.55. The molecule has 2 nitrogen and oxygen atoms in total. The van der Waals surface area contributed by atoms with Crippen molar-refractivity contribution >= 4 is 12.4 Å².